The number of nitrogens with one attached hydrogen (secondary N) is 1. The van der Waals surface area contributed by atoms with Crippen LogP contribution in [0.25, 0.3) is 0 Å². The van der Waals surface area contributed by atoms with E-state index in [-0.39, 0.29) is 1.43 Å². The topological polar surface area (TPSA) is 68.7 Å². The van der Waals surface area contributed by atoms with E-state index < -0.39 is 0 Å². The van der Waals surface area contributed by atoms with Crippen LogP contribution in [0.4, 0.5) is 0 Å². The molecule has 3 N–H and O–H groups in total. The molecule has 1 heterocycles. The van der Waals surface area contributed by atoms with Gasteiger partial charge in [-0.1, -0.05) is 0 Å². The van der Waals surface area contributed by atoms with Gasteiger partial charge >= 0.3 is 0 Å². The van der Waals surface area contributed by atoms with Crippen molar-refractivity contribution in [3.05, 3.63) is 12.4 Å². The predicted octanol–water partition coefficient (Wildman–Crippen LogP) is 0.285. The lowest BCUT2D eigenvalue weighted by molar-refractivity contribution is 0.238. The van der Waals surface area contributed by atoms with E-state index in [0.29, 0.717) is 5.11 Å². The third kappa shape index (κ3) is 4.07. The van der Waals surface area contributed by atoms with Crippen LogP contribution in [0.3, 0.4) is 0 Å². The van der Waals surface area contributed by atoms with Gasteiger partial charge in [0.15, 0.2) is 5.11 Å². The quantitative estimate of drug-likeness (QED) is 0.537. The largest absolute Gasteiger partial charge is 0.376 e. The first-order chi connectivity index (χ1) is 7.24. The Morgan fingerprint density at radius 3 is 2.60 bits per heavy atom. The highest BCUT2D eigenvalue weighted by Crippen LogP contribution is 2.01. The van der Waals surface area contributed by atoms with E-state index in [1.807, 2.05) is 11.1 Å². The van der Waals surface area contributed by atoms with Gasteiger partial charge in [0.25, 0.3) is 0 Å². The molecule has 1 aliphatic heterocycles. The Kier molecular flexibility index (Phi) is 4.76. The van der Waals surface area contributed by atoms with Gasteiger partial charge in [-0.3, -0.25) is 4.99 Å². The van der Waals surface area contributed by atoms with Crippen LogP contribution in [0, 0.1) is 5.41 Å². The summed E-state index contributed by atoms with van der Waals surface area (Å²) in [6.07, 6.45) is 6.18. The van der Waals surface area contributed by atoms with Crippen LogP contribution >= 0.6 is 12.2 Å². The van der Waals surface area contributed by atoms with E-state index in [4.69, 9.17) is 23.4 Å². The van der Waals surface area contributed by atoms with Crippen molar-refractivity contribution in [2.24, 2.45) is 10.7 Å². The van der Waals surface area contributed by atoms with Gasteiger partial charge in [-0.05, 0) is 12.2 Å². The zero-order chi connectivity index (χ0) is 11.1. The summed E-state index contributed by atoms with van der Waals surface area (Å²) in [6, 6.07) is 0. The summed E-state index contributed by atoms with van der Waals surface area (Å²) in [5.41, 5.74) is 5.52. The summed E-state index contributed by atoms with van der Waals surface area (Å²) in [6.45, 7) is 3.50. The minimum Gasteiger partial charge on any atom is -0.376 e. The van der Waals surface area contributed by atoms with Crippen molar-refractivity contribution in [1.82, 2.24) is 9.80 Å². The van der Waals surface area contributed by atoms with Crippen LogP contribution in [-0.4, -0.2) is 53.5 Å². The first-order valence-corrected chi connectivity index (χ1v) is 5.12. The molecule has 0 saturated carbocycles. The highest BCUT2D eigenvalue weighted by atomic mass is 32.1. The Balaban J connectivity index is 0.00000225. The predicted molar refractivity (Wildman–Crippen MR) is 68.5 cm³/mol. The minimum atomic E-state index is 0. The number of rotatable bonds is 3. The van der Waals surface area contributed by atoms with Crippen LogP contribution < -0.4 is 5.73 Å². The molecule has 5 nitrogen and oxygen atoms in total. The van der Waals surface area contributed by atoms with Gasteiger partial charge in [0, 0.05) is 52.4 Å². The van der Waals surface area contributed by atoms with Crippen LogP contribution in [0.1, 0.15) is 1.43 Å². The molecular weight excluding hydrogens is 210 g/mol. The molecule has 1 saturated heterocycles. The van der Waals surface area contributed by atoms with E-state index >= 15 is 0 Å². The van der Waals surface area contributed by atoms with Crippen molar-refractivity contribution in [1.29, 1.82) is 5.41 Å². The Labute approximate surface area is 96.2 Å². The summed E-state index contributed by atoms with van der Waals surface area (Å²) < 4.78 is 0. The van der Waals surface area contributed by atoms with Crippen LogP contribution in [0.5, 0.6) is 0 Å². The summed E-state index contributed by atoms with van der Waals surface area (Å²) in [5.74, 6) is 0. The van der Waals surface area contributed by atoms with E-state index in [1.165, 1.54) is 6.21 Å². The van der Waals surface area contributed by atoms with Gasteiger partial charge in [-0.25, -0.2) is 0 Å². The normalized spacial score (nSPS) is 17.6. The van der Waals surface area contributed by atoms with Gasteiger partial charge < -0.3 is 20.9 Å². The van der Waals surface area contributed by atoms with E-state index in [2.05, 4.69) is 9.89 Å². The molecule has 1 aliphatic rings. The maximum Gasteiger partial charge on any atom is 0.166 e. The molecule has 0 aliphatic carbocycles. The molecule has 1 fully saturated rings. The summed E-state index contributed by atoms with van der Waals surface area (Å²) in [5, 5.41) is 7.22. The fraction of sp³-hybridized carbons (Fsp3) is 0.444. The van der Waals surface area contributed by atoms with Crippen LogP contribution in [0.2, 0.25) is 0 Å². The molecule has 0 atom stereocenters. The highest BCUT2D eigenvalue weighted by molar-refractivity contribution is 7.80. The molecule has 0 aromatic carbocycles. The molecule has 1 rings (SSSR count). The van der Waals surface area contributed by atoms with Crippen molar-refractivity contribution < 1.29 is 1.43 Å². The molecule has 0 spiro atoms. The van der Waals surface area contributed by atoms with Crippen LogP contribution in [-0.2, 0) is 0 Å². The van der Waals surface area contributed by atoms with Crippen molar-refractivity contribution in [2.45, 2.75) is 0 Å². The Morgan fingerprint density at radius 2 is 2.07 bits per heavy atom. The number of nitrogens with zero attached hydrogens (tertiary/aromatic N) is 3. The number of nitrogens with two attached hydrogens (primary N) is 1. The summed E-state index contributed by atoms with van der Waals surface area (Å²) >= 11 is 4.89. The van der Waals surface area contributed by atoms with Crippen molar-refractivity contribution in [3.63, 3.8) is 0 Å². The molecule has 0 amide bonds. The molecule has 84 valence electrons. The zero-order valence-corrected chi connectivity index (χ0v) is 9.28. The second-order valence-electron chi connectivity index (χ2n) is 3.12. The van der Waals surface area contributed by atoms with Gasteiger partial charge in [0.05, 0.1) is 0 Å². The third-order valence-corrected chi connectivity index (χ3v) is 2.41. The third-order valence-electron chi connectivity index (χ3n) is 2.15. The second-order valence-corrected chi connectivity index (χ2v) is 3.54. The lowest BCUT2D eigenvalue weighted by Crippen LogP contribution is -2.48. The minimum absolute atomic E-state index is 0. The molecule has 0 radical (unpaired) electrons. The number of piperazine rings is 1. The first-order valence-electron chi connectivity index (χ1n) is 4.71. The van der Waals surface area contributed by atoms with Gasteiger partial charge in [-0.15, -0.1) is 0 Å². The van der Waals surface area contributed by atoms with Crippen molar-refractivity contribution >= 4 is 29.8 Å². The molecule has 0 bridgehead atoms. The average Bonchev–Trinajstić information content (AvgIpc) is 2.25. The molecule has 0 aromatic heterocycles. The van der Waals surface area contributed by atoms with E-state index in [0.717, 1.165) is 32.4 Å². The zero-order valence-electron chi connectivity index (χ0n) is 8.47. The van der Waals surface area contributed by atoms with Crippen molar-refractivity contribution in [3.8, 4) is 0 Å². The Morgan fingerprint density at radius 1 is 1.40 bits per heavy atom. The first kappa shape index (κ1) is 11.6. The molecule has 0 unspecified atom stereocenters. The van der Waals surface area contributed by atoms with E-state index in [9.17, 15) is 0 Å². The molecule has 6 heteroatoms. The van der Waals surface area contributed by atoms with Gasteiger partial charge in [-0.2, -0.15) is 0 Å². The number of hydrogen-bond donors (Lipinski definition) is 2. The standard InChI is InChI=1S/C9H15N5S.H2/c10-1-2-12-3-4-13-5-7-14(8-6-13)9(11)15;/h1-4,10H,5-8H2,(H2,11,15);1H/b4-3+,10-1?,12-2?;. The maximum atomic E-state index is 6.74. The average molecular weight is 227 g/mol. The van der Waals surface area contributed by atoms with E-state index in [1.54, 1.807) is 6.20 Å². The lowest BCUT2D eigenvalue weighted by atomic mass is 10.3. The number of thiocarbonyl (C=S) groups is 1. The Hall–Kier alpha value is -1.43. The number of hydrogen-bond acceptors (Lipinski definition) is 4. The monoisotopic (exact) mass is 227 g/mol. The summed E-state index contributed by atoms with van der Waals surface area (Å²) in [7, 11) is 0. The highest BCUT2D eigenvalue weighted by Gasteiger charge is 2.14. The van der Waals surface area contributed by atoms with Crippen molar-refractivity contribution in [2.75, 3.05) is 26.2 Å². The Bertz CT molecular complexity index is 284. The number of aliphatic imine (C=N–C) groups is 1. The van der Waals surface area contributed by atoms with Crippen LogP contribution in [0.15, 0.2) is 17.4 Å². The smallest absolute Gasteiger partial charge is 0.166 e. The fourth-order valence-electron chi connectivity index (χ4n) is 1.32. The van der Waals surface area contributed by atoms with Gasteiger partial charge in [0.1, 0.15) is 0 Å². The molecule has 15 heavy (non-hydrogen) atoms. The second kappa shape index (κ2) is 6.13. The van der Waals surface area contributed by atoms with Gasteiger partial charge in [0.2, 0.25) is 0 Å². The molecule has 0 aromatic rings. The SMILES string of the molecule is N=CC=N/C=C/N1CCN(C(N)=S)CC1.[HH]. The molecular formula is C9H17N5S. The summed E-state index contributed by atoms with van der Waals surface area (Å²) in [4.78, 5) is 8.02. The maximum absolute atomic E-state index is 6.74. The fourth-order valence-corrected chi connectivity index (χ4v) is 1.50. The lowest BCUT2D eigenvalue weighted by Gasteiger charge is -2.34.